The summed E-state index contributed by atoms with van der Waals surface area (Å²) in [6.07, 6.45) is 1.74. The van der Waals surface area contributed by atoms with Gasteiger partial charge in [0.2, 0.25) is 0 Å². The molecule has 0 bridgehead atoms. The predicted molar refractivity (Wildman–Crippen MR) is 92.3 cm³/mol. The van der Waals surface area contributed by atoms with Crippen LogP contribution in [0.5, 0.6) is 5.75 Å². The Kier molecular flexibility index (Phi) is 4.71. The second-order valence-corrected chi connectivity index (χ2v) is 6.89. The molecule has 0 N–H and O–H groups in total. The molecule has 4 nitrogen and oxygen atoms in total. The molecule has 0 spiro atoms. The Balaban J connectivity index is 1.72. The molecule has 0 unspecified atom stereocenters. The molecule has 22 heavy (non-hydrogen) atoms. The van der Waals surface area contributed by atoms with Crippen molar-refractivity contribution in [2.24, 2.45) is 0 Å². The van der Waals surface area contributed by atoms with E-state index >= 15 is 0 Å². The van der Waals surface area contributed by atoms with Gasteiger partial charge in [-0.25, -0.2) is 4.98 Å². The topological polar surface area (TPSA) is 43.6 Å². The molecular weight excluding hydrogens is 340 g/mol. The van der Waals surface area contributed by atoms with Crippen LogP contribution in [0.2, 0.25) is 5.02 Å². The van der Waals surface area contributed by atoms with Crippen LogP contribution in [0, 0.1) is 0 Å². The van der Waals surface area contributed by atoms with Crippen molar-refractivity contribution < 1.29 is 4.74 Å². The number of methoxy groups -OCH3 is 1. The Hall–Kier alpha value is -1.50. The van der Waals surface area contributed by atoms with E-state index in [0.717, 1.165) is 27.7 Å². The third kappa shape index (κ3) is 3.29. The minimum Gasteiger partial charge on any atom is -0.496 e. The van der Waals surface area contributed by atoms with Crippen molar-refractivity contribution in [1.82, 2.24) is 9.38 Å². The van der Waals surface area contributed by atoms with Crippen molar-refractivity contribution in [1.29, 1.82) is 0 Å². The summed E-state index contributed by atoms with van der Waals surface area (Å²) in [5.74, 6) is 2.23. The monoisotopic (exact) mass is 352 g/mol. The Morgan fingerprint density at radius 3 is 3.05 bits per heavy atom. The van der Waals surface area contributed by atoms with Crippen LogP contribution in [-0.4, -0.2) is 16.5 Å². The summed E-state index contributed by atoms with van der Waals surface area (Å²) in [6.45, 7) is 0. The quantitative estimate of drug-likeness (QED) is 0.699. The van der Waals surface area contributed by atoms with Crippen molar-refractivity contribution >= 4 is 39.7 Å². The van der Waals surface area contributed by atoms with Crippen molar-refractivity contribution in [3.05, 3.63) is 62.5 Å². The number of hydrogen-bond acceptors (Lipinski definition) is 5. The summed E-state index contributed by atoms with van der Waals surface area (Å²) >= 11 is 9.16. The number of nitrogens with zero attached hydrogens (tertiary/aromatic N) is 2. The van der Waals surface area contributed by atoms with Gasteiger partial charge in [0.15, 0.2) is 4.96 Å². The molecule has 0 aliphatic rings. The summed E-state index contributed by atoms with van der Waals surface area (Å²) in [5.41, 5.74) is 1.79. The first-order chi connectivity index (χ1) is 10.7. The third-order valence-corrected chi connectivity index (χ3v) is 5.11. The molecule has 0 aliphatic carbocycles. The highest BCUT2D eigenvalue weighted by Crippen LogP contribution is 2.27. The lowest BCUT2D eigenvalue weighted by Gasteiger charge is -2.08. The molecule has 114 valence electrons. The molecule has 2 heterocycles. The standard InChI is InChI=1S/C15H13ClN2O2S2/c1-20-13-3-2-11(16)6-10(13)8-21-9-12-7-14(19)18-4-5-22-15(18)17-12/h2-7H,8-9H2,1H3. The Morgan fingerprint density at radius 2 is 2.23 bits per heavy atom. The average molecular weight is 353 g/mol. The van der Waals surface area contributed by atoms with E-state index < -0.39 is 0 Å². The Bertz CT molecular complexity index is 860. The van der Waals surface area contributed by atoms with Gasteiger partial charge in [0.05, 0.1) is 12.8 Å². The second-order valence-electron chi connectivity index (χ2n) is 4.59. The molecular formula is C15H13ClN2O2S2. The van der Waals surface area contributed by atoms with Gasteiger partial charge in [-0.1, -0.05) is 11.6 Å². The maximum Gasteiger partial charge on any atom is 0.258 e. The molecule has 0 amide bonds. The highest BCUT2D eigenvalue weighted by molar-refractivity contribution is 7.97. The Morgan fingerprint density at radius 1 is 1.36 bits per heavy atom. The number of fused-ring (bicyclic) bond motifs is 1. The Labute approximate surface area is 140 Å². The maximum absolute atomic E-state index is 11.9. The van der Waals surface area contributed by atoms with Crippen molar-refractivity contribution in [3.8, 4) is 5.75 Å². The maximum atomic E-state index is 11.9. The zero-order valence-corrected chi connectivity index (χ0v) is 14.2. The fourth-order valence-corrected chi connectivity index (χ4v) is 3.93. The third-order valence-electron chi connectivity index (χ3n) is 3.11. The lowest BCUT2D eigenvalue weighted by molar-refractivity contribution is 0.411. The average Bonchev–Trinajstić information content (AvgIpc) is 2.96. The molecule has 0 atom stereocenters. The van der Waals surface area contributed by atoms with E-state index in [1.807, 2.05) is 23.6 Å². The zero-order chi connectivity index (χ0) is 15.5. The number of ether oxygens (including phenoxy) is 1. The summed E-state index contributed by atoms with van der Waals surface area (Å²) in [4.78, 5) is 17.1. The van der Waals surface area contributed by atoms with E-state index in [4.69, 9.17) is 16.3 Å². The van der Waals surface area contributed by atoms with E-state index in [-0.39, 0.29) is 5.56 Å². The lowest BCUT2D eigenvalue weighted by atomic mass is 10.2. The minimum atomic E-state index is -0.0396. The van der Waals surface area contributed by atoms with E-state index in [1.165, 1.54) is 11.3 Å². The molecule has 0 radical (unpaired) electrons. The highest BCUT2D eigenvalue weighted by Gasteiger charge is 2.07. The van der Waals surface area contributed by atoms with E-state index in [1.54, 1.807) is 35.5 Å². The van der Waals surface area contributed by atoms with Crippen LogP contribution in [0.1, 0.15) is 11.3 Å². The van der Waals surface area contributed by atoms with Crippen molar-refractivity contribution in [2.45, 2.75) is 11.5 Å². The molecule has 0 saturated carbocycles. The normalized spacial score (nSPS) is 11.0. The fraction of sp³-hybridized carbons (Fsp3) is 0.200. The van der Waals surface area contributed by atoms with Gasteiger partial charge >= 0.3 is 0 Å². The van der Waals surface area contributed by atoms with Gasteiger partial charge in [-0.2, -0.15) is 11.8 Å². The molecule has 3 rings (SSSR count). The van der Waals surface area contributed by atoms with Crippen LogP contribution in [-0.2, 0) is 11.5 Å². The number of benzene rings is 1. The lowest BCUT2D eigenvalue weighted by Crippen LogP contribution is -2.12. The van der Waals surface area contributed by atoms with Gasteiger partial charge in [0, 0.05) is 39.7 Å². The summed E-state index contributed by atoms with van der Waals surface area (Å²) in [5, 5.41) is 2.55. The minimum absolute atomic E-state index is 0.0396. The summed E-state index contributed by atoms with van der Waals surface area (Å²) in [6, 6.07) is 7.16. The van der Waals surface area contributed by atoms with E-state index in [0.29, 0.717) is 10.8 Å². The van der Waals surface area contributed by atoms with Gasteiger partial charge < -0.3 is 4.74 Å². The molecule has 7 heteroatoms. The number of rotatable bonds is 5. The number of halogens is 1. The van der Waals surface area contributed by atoms with Crippen LogP contribution in [0.15, 0.2) is 40.6 Å². The van der Waals surface area contributed by atoms with Crippen LogP contribution in [0.25, 0.3) is 4.96 Å². The van der Waals surface area contributed by atoms with E-state index in [9.17, 15) is 4.79 Å². The van der Waals surface area contributed by atoms with Crippen LogP contribution >= 0.6 is 34.7 Å². The first kappa shape index (κ1) is 15.4. The smallest absolute Gasteiger partial charge is 0.258 e. The molecule has 2 aromatic heterocycles. The zero-order valence-electron chi connectivity index (χ0n) is 11.8. The number of thiazole rings is 1. The van der Waals surface area contributed by atoms with Crippen LogP contribution < -0.4 is 10.3 Å². The van der Waals surface area contributed by atoms with Gasteiger partial charge in [0.1, 0.15) is 5.75 Å². The molecule has 0 saturated heterocycles. The fourth-order valence-electron chi connectivity index (χ4n) is 2.09. The van der Waals surface area contributed by atoms with Gasteiger partial charge in [-0.3, -0.25) is 9.20 Å². The summed E-state index contributed by atoms with van der Waals surface area (Å²) < 4.78 is 6.88. The number of hydrogen-bond donors (Lipinski definition) is 0. The van der Waals surface area contributed by atoms with E-state index in [2.05, 4.69) is 4.98 Å². The van der Waals surface area contributed by atoms with Crippen molar-refractivity contribution in [2.75, 3.05) is 7.11 Å². The van der Waals surface area contributed by atoms with Crippen LogP contribution in [0.4, 0.5) is 0 Å². The molecule has 3 aromatic rings. The molecule has 1 aromatic carbocycles. The SMILES string of the molecule is COc1ccc(Cl)cc1CSCc1cc(=O)n2ccsc2n1. The van der Waals surface area contributed by atoms with Crippen molar-refractivity contribution in [3.63, 3.8) is 0 Å². The molecule has 0 aliphatic heterocycles. The van der Waals surface area contributed by atoms with Crippen LogP contribution in [0.3, 0.4) is 0 Å². The number of aromatic nitrogens is 2. The highest BCUT2D eigenvalue weighted by atomic mass is 35.5. The predicted octanol–water partition coefficient (Wildman–Crippen LogP) is 3.85. The molecule has 0 fully saturated rings. The van der Waals surface area contributed by atoms with Gasteiger partial charge in [-0.15, -0.1) is 11.3 Å². The first-order valence-corrected chi connectivity index (χ1v) is 8.94. The van der Waals surface area contributed by atoms with Gasteiger partial charge in [0.25, 0.3) is 5.56 Å². The first-order valence-electron chi connectivity index (χ1n) is 6.53. The summed E-state index contributed by atoms with van der Waals surface area (Å²) in [7, 11) is 1.64. The second kappa shape index (κ2) is 6.73. The van der Waals surface area contributed by atoms with Gasteiger partial charge in [-0.05, 0) is 18.2 Å². The number of thioether (sulfide) groups is 1. The largest absolute Gasteiger partial charge is 0.496 e.